The molecule has 1 aliphatic rings. The summed E-state index contributed by atoms with van der Waals surface area (Å²) in [5, 5.41) is 11.2. The number of aromatic nitrogens is 2. The minimum Gasteiger partial charge on any atom is -0.476 e. The normalized spacial score (nSPS) is 19.2. The van der Waals surface area contributed by atoms with Gasteiger partial charge in [-0.3, -0.25) is 4.79 Å². The molecule has 2 rings (SSSR count). The van der Waals surface area contributed by atoms with E-state index in [0.29, 0.717) is 13.2 Å². The highest BCUT2D eigenvalue weighted by atomic mass is 16.6. The van der Waals surface area contributed by atoms with Crippen molar-refractivity contribution >= 4 is 17.7 Å². The van der Waals surface area contributed by atoms with Gasteiger partial charge in [0.25, 0.3) is 5.91 Å². The van der Waals surface area contributed by atoms with E-state index in [9.17, 15) is 9.59 Å². The molecule has 0 aliphatic carbocycles. The zero-order valence-electron chi connectivity index (χ0n) is 9.33. The van der Waals surface area contributed by atoms with Gasteiger partial charge in [-0.1, -0.05) is 0 Å². The van der Waals surface area contributed by atoms with Crippen LogP contribution in [0.3, 0.4) is 0 Å². The molecule has 18 heavy (non-hydrogen) atoms. The molecule has 0 saturated carbocycles. The lowest BCUT2D eigenvalue weighted by atomic mass is 10.3. The van der Waals surface area contributed by atoms with E-state index in [1.54, 1.807) is 0 Å². The number of nitrogens with one attached hydrogen (secondary N) is 1. The van der Waals surface area contributed by atoms with Crippen molar-refractivity contribution in [3.8, 4) is 0 Å². The van der Waals surface area contributed by atoms with E-state index in [-0.39, 0.29) is 18.1 Å². The summed E-state index contributed by atoms with van der Waals surface area (Å²) in [5.74, 6) is -1.87. The van der Waals surface area contributed by atoms with E-state index in [2.05, 4.69) is 15.3 Å². The largest absolute Gasteiger partial charge is 0.476 e. The number of amides is 1. The predicted molar refractivity (Wildman–Crippen MR) is 58.2 cm³/mol. The number of aromatic carboxylic acids is 1. The van der Waals surface area contributed by atoms with Gasteiger partial charge in [0, 0.05) is 12.4 Å². The Morgan fingerprint density at radius 2 is 2.11 bits per heavy atom. The topological polar surface area (TPSA) is 111 Å². The van der Waals surface area contributed by atoms with Gasteiger partial charge in [-0.15, -0.1) is 0 Å². The number of carboxylic acid groups (broad SMARTS) is 1. The van der Waals surface area contributed by atoms with Crippen molar-refractivity contribution in [3.63, 3.8) is 0 Å². The van der Waals surface area contributed by atoms with E-state index < -0.39 is 18.0 Å². The fourth-order valence-corrected chi connectivity index (χ4v) is 1.42. The minimum absolute atomic E-state index is 0.107. The molecule has 1 amide bonds. The van der Waals surface area contributed by atoms with Gasteiger partial charge in [0.1, 0.15) is 0 Å². The van der Waals surface area contributed by atoms with Crippen LogP contribution in [0.5, 0.6) is 0 Å². The molecule has 1 unspecified atom stereocenters. The van der Waals surface area contributed by atoms with Crippen molar-refractivity contribution in [3.05, 3.63) is 18.1 Å². The van der Waals surface area contributed by atoms with E-state index >= 15 is 0 Å². The monoisotopic (exact) mass is 253 g/mol. The van der Waals surface area contributed by atoms with E-state index in [4.69, 9.17) is 14.6 Å². The maximum Gasteiger partial charge on any atom is 0.358 e. The highest BCUT2D eigenvalue weighted by molar-refractivity contribution is 5.99. The molecule has 0 radical (unpaired) electrons. The van der Waals surface area contributed by atoms with Crippen molar-refractivity contribution in [1.82, 2.24) is 9.97 Å². The molecule has 8 nitrogen and oxygen atoms in total. The standard InChI is InChI=1S/C10H11N3O5/c14-9(6-5-17-3-4-18-6)13-8-7(10(15)16)11-1-2-12-8/h1-2,6H,3-5H2,(H,15,16)(H,12,13,14). The summed E-state index contributed by atoms with van der Waals surface area (Å²) in [5.41, 5.74) is -0.317. The lowest BCUT2D eigenvalue weighted by Crippen LogP contribution is -2.39. The van der Waals surface area contributed by atoms with Crippen LogP contribution in [0.1, 0.15) is 10.5 Å². The third kappa shape index (κ3) is 2.79. The Morgan fingerprint density at radius 1 is 1.33 bits per heavy atom. The highest BCUT2D eigenvalue weighted by Gasteiger charge is 2.24. The van der Waals surface area contributed by atoms with Crippen molar-refractivity contribution in [2.45, 2.75) is 6.10 Å². The summed E-state index contributed by atoms with van der Waals surface area (Å²) in [7, 11) is 0. The Kier molecular flexibility index (Phi) is 3.80. The SMILES string of the molecule is O=C(O)c1nccnc1NC(=O)C1COCCO1. The van der Waals surface area contributed by atoms with Crippen molar-refractivity contribution in [2.75, 3.05) is 25.1 Å². The van der Waals surface area contributed by atoms with E-state index in [0.717, 1.165) is 0 Å². The first-order chi connectivity index (χ1) is 8.68. The number of hydrogen-bond acceptors (Lipinski definition) is 6. The third-order valence-electron chi connectivity index (χ3n) is 2.25. The molecule has 1 aliphatic heterocycles. The number of carbonyl (C=O) groups excluding carboxylic acids is 1. The maximum atomic E-state index is 11.8. The van der Waals surface area contributed by atoms with Gasteiger partial charge < -0.3 is 19.9 Å². The molecule has 0 spiro atoms. The third-order valence-corrected chi connectivity index (χ3v) is 2.25. The second-order valence-electron chi connectivity index (χ2n) is 3.48. The van der Waals surface area contributed by atoms with Crippen LogP contribution in [0.15, 0.2) is 12.4 Å². The fraction of sp³-hybridized carbons (Fsp3) is 0.400. The van der Waals surface area contributed by atoms with Crippen LogP contribution < -0.4 is 5.32 Å². The van der Waals surface area contributed by atoms with Gasteiger partial charge in [-0.2, -0.15) is 0 Å². The smallest absolute Gasteiger partial charge is 0.358 e. The first-order valence-corrected chi connectivity index (χ1v) is 5.23. The lowest BCUT2D eigenvalue weighted by molar-refractivity contribution is -0.142. The minimum atomic E-state index is -1.26. The van der Waals surface area contributed by atoms with Crippen LogP contribution in [-0.2, 0) is 14.3 Å². The molecule has 96 valence electrons. The van der Waals surface area contributed by atoms with Gasteiger partial charge in [0.15, 0.2) is 17.6 Å². The van der Waals surface area contributed by atoms with Crippen molar-refractivity contribution in [1.29, 1.82) is 0 Å². The molecule has 1 saturated heterocycles. The van der Waals surface area contributed by atoms with Gasteiger partial charge in [-0.05, 0) is 0 Å². The number of carbonyl (C=O) groups is 2. The fourth-order valence-electron chi connectivity index (χ4n) is 1.42. The molecule has 2 heterocycles. The molecule has 1 aromatic heterocycles. The van der Waals surface area contributed by atoms with Crippen molar-refractivity contribution in [2.24, 2.45) is 0 Å². The average molecular weight is 253 g/mol. The second kappa shape index (κ2) is 5.52. The van der Waals surface area contributed by atoms with Crippen LogP contribution in [0.2, 0.25) is 0 Å². The quantitative estimate of drug-likeness (QED) is 0.748. The molecule has 2 N–H and O–H groups in total. The Hall–Kier alpha value is -2.06. The maximum absolute atomic E-state index is 11.8. The summed E-state index contributed by atoms with van der Waals surface area (Å²) in [4.78, 5) is 30.0. The molecule has 0 aromatic carbocycles. The number of ether oxygens (including phenoxy) is 2. The van der Waals surface area contributed by atoms with Gasteiger partial charge in [-0.25, -0.2) is 14.8 Å². The number of hydrogen-bond donors (Lipinski definition) is 2. The predicted octanol–water partition coefficient (Wildman–Crippen LogP) is -0.471. The second-order valence-corrected chi connectivity index (χ2v) is 3.48. The van der Waals surface area contributed by atoms with Crippen LogP contribution in [0.25, 0.3) is 0 Å². The molecule has 8 heteroatoms. The zero-order chi connectivity index (χ0) is 13.0. The zero-order valence-corrected chi connectivity index (χ0v) is 9.33. The number of carboxylic acids is 1. The van der Waals surface area contributed by atoms with Gasteiger partial charge in [0.05, 0.1) is 19.8 Å². The van der Waals surface area contributed by atoms with Gasteiger partial charge in [0.2, 0.25) is 0 Å². The van der Waals surface area contributed by atoms with Crippen molar-refractivity contribution < 1.29 is 24.2 Å². The summed E-state index contributed by atoms with van der Waals surface area (Å²) >= 11 is 0. The molecule has 0 bridgehead atoms. The molecule has 1 fully saturated rings. The lowest BCUT2D eigenvalue weighted by Gasteiger charge is -2.21. The molecule has 1 atom stereocenters. The van der Waals surface area contributed by atoms with E-state index in [1.165, 1.54) is 12.4 Å². The first kappa shape index (κ1) is 12.4. The number of anilines is 1. The van der Waals surface area contributed by atoms with Crippen LogP contribution in [0, 0.1) is 0 Å². The molecular formula is C10H11N3O5. The number of rotatable bonds is 3. The average Bonchev–Trinajstić information content (AvgIpc) is 2.40. The molecular weight excluding hydrogens is 242 g/mol. The van der Waals surface area contributed by atoms with Crippen LogP contribution in [0.4, 0.5) is 5.82 Å². The Morgan fingerprint density at radius 3 is 2.78 bits per heavy atom. The van der Waals surface area contributed by atoms with Crippen LogP contribution >= 0.6 is 0 Å². The number of nitrogens with zero attached hydrogens (tertiary/aromatic N) is 2. The van der Waals surface area contributed by atoms with E-state index in [1.807, 2.05) is 0 Å². The Labute approximate surface area is 102 Å². The summed E-state index contributed by atoms with van der Waals surface area (Å²) in [6, 6.07) is 0. The highest BCUT2D eigenvalue weighted by Crippen LogP contribution is 2.10. The van der Waals surface area contributed by atoms with Gasteiger partial charge >= 0.3 is 5.97 Å². The summed E-state index contributed by atoms with van der Waals surface area (Å²) in [6.07, 6.45) is 1.77. The Balaban J connectivity index is 2.08. The Bertz CT molecular complexity index is 459. The van der Waals surface area contributed by atoms with Crippen LogP contribution in [-0.4, -0.2) is 52.9 Å². The summed E-state index contributed by atoms with van der Waals surface area (Å²) < 4.78 is 10.3. The summed E-state index contributed by atoms with van der Waals surface area (Å²) in [6.45, 7) is 0.897. The first-order valence-electron chi connectivity index (χ1n) is 5.23. The molecule has 1 aromatic rings.